The predicted molar refractivity (Wildman–Crippen MR) is 144 cm³/mol. The van der Waals surface area contributed by atoms with Crippen molar-refractivity contribution in [3.63, 3.8) is 0 Å². The highest BCUT2D eigenvalue weighted by atomic mass is 35.5. The van der Waals surface area contributed by atoms with Gasteiger partial charge in [0.2, 0.25) is 5.91 Å². The number of ether oxygens (including phenoxy) is 1. The molecule has 0 saturated heterocycles. The fourth-order valence-corrected chi connectivity index (χ4v) is 4.58. The second-order valence-corrected chi connectivity index (χ2v) is 10.9. The van der Waals surface area contributed by atoms with Crippen molar-refractivity contribution in [2.24, 2.45) is 5.41 Å². The Morgan fingerprint density at radius 3 is 2.57 bits per heavy atom. The van der Waals surface area contributed by atoms with Crippen molar-refractivity contribution in [2.75, 3.05) is 17.2 Å². The lowest BCUT2D eigenvalue weighted by Gasteiger charge is -2.31. The number of nitrogens with zero attached hydrogens (tertiary/aromatic N) is 1. The van der Waals surface area contributed by atoms with Gasteiger partial charge in [0.25, 0.3) is 5.91 Å². The fraction of sp³-hybridized carbons (Fsp3) is 0.310. The molecule has 0 spiro atoms. The largest absolute Gasteiger partial charge is 0.399 e. The van der Waals surface area contributed by atoms with Crippen molar-refractivity contribution >= 4 is 34.8 Å². The maximum Gasteiger partial charge on any atom is 0.256 e. The summed E-state index contributed by atoms with van der Waals surface area (Å²) in [4.78, 5) is 28.5. The number of nitrogen functional groups attached to an aromatic ring is 1. The first-order valence-corrected chi connectivity index (χ1v) is 12.5. The van der Waals surface area contributed by atoms with Gasteiger partial charge in [0.15, 0.2) is 0 Å². The predicted octanol–water partition coefficient (Wildman–Crippen LogP) is 5.64. The first-order chi connectivity index (χ1) is 17.5. The van der Waals surface area contributed by atoms with Gasteiger partial charge in [-0.3, -0.25) is 9.59 Å². The number of rotatable bonds is 6. The summed E-state index contributed by atoms with van der Waals surface area (Å²) >= 11 is 6.39. The van der Waals surface area contributed by atoms with E-state index in [9.17, 15) is 14.0 Å². The lowest BCUT2D eigenvalue weighted by Crippen LogP contribution is -2.45. The van der Waals surface area contributed by atoms with Gasteiger partial charge in [-0.1, -0.05) is 62.7 Å². The number of carbonyl (C=O) groups excluding carboxylic acids is 2. The summed E-state index contributed by atoms with van der Waals surface area (Å²) in [5, 5.41) is 3.21. The molecule has 194 valence electrons. The van der Waals surface area contributed by atoms with Crippen LogP contribution in [-0.4, -0.2) is 24.5 Å². The van der Waals surface area contributed by atoms with E-state index in [1.807, 2.05) is 39.0 Å². The van der Waals surface area contributed by atoms with Gasteiger partial charge in [-0.05, 0) is 47.4 Å². The molecule has 2 amide bonds. The first-order valence-electron chi connectivity index (χ1n) is 12.1. The van der Waals surface area contributed by atoms with Gasteiger partial charge in [0, 0.05) is 40.6 Å². The molecule has 2 unspecified atom stereocenters. The van der Waals surface area contributed by atoms with Crippen molar-refractivity contribution < 1.29 is 18.7 Å². The van der Waals surface area contributed by atoms with E-state index in [-0.39, 0.29) is 24.3 Å². The highest BCUT2D eigenvalue weighted by molar-refractivity contribution is 6.30. The molecular weight excluding hydrogens is 493 g/mol. The number of carbonyl (C=O) groups is 2. The molecule has 0 aliphatic carbocycles. The SMILES string of the molecule is CC(C)(C)CN1C(=O)C(CC(=O)NCc2ccccc2F)OC(c2cccc(N)c2)c2cc(Cl)ccc21. The zero-order valence-corrected chi connectivity index (χ0v) is 21.9. The number of hydrogen-bond acceptors (Lipinski definition) is 4. The van der Waals surface area contributed by atoms with E-state index in [1.54, 1.807) is 47.4 Å². The van der Waals surface area contributed by atoms with Crippen molar-refractivity contribution in [3.05, 3.63) is 94.3 Å². The molecule has 3 aromatic carbocycles. The molecule has 0 fully saturated rings. The fourth-order valence-electron chi connectivity index (χ4n) is 4.40. The molecule has 1 heterocycles. The molecule has 3 N–H and O–H groups in total. The third-order valence-corrected chi connectivity index (χ3v) is 6.29. The molecule has 0 aromatic heterocycles. The number of benzene rings is 3. The van der Waals surface area contributed by atoms with Crippen molar-refractivity contribution in [3.8, 4) is 0 Å². The number of halogens is 2. The van der Waals surface area contributed by atoms with Crippen LogP contribution in [0.3, 0.4) is 0 Å². The quantitative estimate of drug-likeness (QED) is 0.410. The van der Waals surface area contributed by atoms with E-state index in [0.29, 0.717) is 34.1 Å². The zero-order chi connectivity index (χ0) is 26.7. The zero-order valence-electron chi connectivity index (χ0n) is 21.1. The molecule has 3 aromatic rings. The van der Waals surface area contributed by atoms with E-state index in [0.717, 1.165) is 5.56 Å². The monoisotopic (exact) mass is 523 g/mol. The number of nitrogens with one attached hydrogen (secondary N) is 1. The minimum atomic E-state index is -1.08. The average Bonchev–Trinajstić information content (AvgIpc) is 2.93. The van der Waals surface area contributed by atoms with Gasteiger partial charge in [-0.25, -0.2) is 4.39 Å². The summed E-state index contributed by atoms with van der Waals surface area (Å²) < 4.78 is 20.4. The van der Waals surface area contributed by atoms with Crippen molar-refractivity contribution in [1.29, 1.82) is 0 Å². The van der Waals surface area contributed by atoms with Crippen LogP contribution in [-0.2, 0) is 20.9 Å². The van der Waals surface area contributed by atoms with Crippen LogP contribution in [0.25, 0.3) is 0 Å². The third-order valence-electron chi connectivity index (χ3n) is 6.06. The number of fused-ring (bicyclic) bond motifs is 1. The second kappa shape index (κ2) is 10.9. The summed E-state index contributed by atoms with van der Waals surface area (Å²) in [5.41, 5.74) is 8.86. The summed E-state index contributed by atoms with van der Waals surface area (Å²) in [5.74, 6) is -1.16. The molecule has 37 heavy (non-hydrogen) atoms. The molecular formula is C29H31ClFN3O3. The molecule has 0 saturated carbocycles. The van der Waals surface area contributed by atoms with Crippen LogP contribution in [0, 0.1) is 11.2 Å². The van der Waals surface area contributed by atoms with Crippen molar-refractivity contribution in [1.82, 2.24) is 5.32 Å². The smallest absolute Gasteiger partial charge is 0.256 e. The van der Waals surface area contributed by atoms with Gasteiger partial charge in [0.05, 0.1) is 6.42 Å². The Bertz CT molecular complexity index is 1310. The van der Waals surface area contributed by atoms with Crippen LogP contribution in [0.5, 0.6) is 0 Å². The summed E-state index contributed by atoms with van der Waals surface area (Å²) in [6.07, 6.45) is -2.00. The Balaban J connectivity index is 1.69. The van der Waals surface area contributed by atoms with Crippen LogP contribution in [0.1, 0.15) is 50.0 Å². The van der Waals surface area contributed by atoms with Crippen LogP contribution in [0.4, 0.5) is 15.8 Å². The molecule has 1 aliphatic rings. The molecule has 8 heteroatoms. The Hall–Kier alpha value is -3.42. The molecule has 1 aliphatic heterocycles. The molecule has 0 bridgehead atoms. The van der Waals surface area contributed by atoms with E-state index in [2.05, 4.69) is 5.32 Å². The van der Waals surface area contributed by atoms with Crippen LogP contribution in [0.15, 0.2) is 66.7 Å². The van der Waals surface area contributed by atoms with E-state index < -0.39 is 23.9 Å². The van der Waals surface area contributed by atoms with Crippen LogP contribution in [0.2, 0.25) is 5.02 Å². The molecule has 6 nitrogen and oxygen atoms in total. The Kier molecular flexibility index (Phi) is 7.85. The van der Waals surface area contributed by atoms with Gasteiger partial charge in [0.1, 0.15) is 18.0 Å². The number of hydrogen-bond donors (Lipinski definition) is 2. The van der Waals surface area contributed by atoms with Crippen LogP contribution >= 0.6 is 11.6 Å². The van der Waals surface area contributed by atoms with Gasteiger partial charge in [-0.2, -0.15) is 0 Å². The van der Waals surface area contributed by atoms with E-state index in [1.165, 1.54) is 6.07 Å². The lowest BCUT2D eigenvalue weighted by atomic mass is 9.94. The average molecular weight is 524 g/mol. The highest BCUT2D eigenvalue weighted by Gasteiger charge is 2.39. The van der Waals surface area contributed by atoms with Gasteiger partial charge in [-0.15, -0.1) is 0 Å². The molecule has 0 radical (unpaired) electrons. The highest BCUT2D eigenvalue weighted by Crippen LogP contribution is 2.41. The summed E-state index contributed by atoms with van der Waals surface area (Å²) in [6, 6.07) is 18.8. The second-order valence-electron chi connectivity index (χ2n) is 10.4. The normalized spacial score (nSPS) is 17.8. The minimum absolute atomic E-state index is 0.00655. The standard InChI is InChI=1S/C29H31ClFN3O3/c1-29(2,3)17-34-24-12-11-20(30)14-22(24)27(18-8-6-9-21(32)13-18)37-25(28(34)36)15-26(35)33-16-19-7-4-5-10-23(19)31/h4-14,25,27H,15-17,32H2,1-3H3,(H,33,35). The van der Waals surface area contributed by atoms with Crippen molar-refractivity contribution in [2.45, 2.75) is 45.9 Å². The van der Waals surface area contributed by atoms with E-state index in [4.69, 9.17) is 22.1 Å². The number of anilines is 2. The summed E-state index contributed by atoms with van der Waals surface area (Å²) in [6.45, 7) is 6.51. The maximum absolute atomic E-state index is 14.0. The van der Waals surface area contributed by atoms with Gasteiger partial charge >= 0.3 is 0 Å². The van der Waals surface area contributed by atoms with E-state index >= 15 is 0 Å². The number of nitrogens with two attached hydrogens (primary N) is 1. The van der Waals surface area contributed by atoms with Gasteiger partial charge < -0.3 is 20.7 Å². The topological polar surface area (TPSA) is 84.7 Å². The molecule has 4 rings (SSSR count). The minimum Gasteiger partial charge on any atom is -0.399 e. The Labute approximate surface area is 221 Å². The first kappa shape index (κ1) is 26.6. The van der Waals surface area contributed by atoms with Crippen LogP contribution < -0.4 is 16.0 Å². The molecule has 2 atom stereocenters. The Morgan fingerprint density at radius 2 is 1.86 bits per heavy atom. The Morgan fingerprint density at radius 1 is 1.11 bits per heavy atom. The maximum atomic E-state index is 14.0. The number of amides is 2. The lowest BCUT2D eigenvalue weighted by molar-refractivity contribution is -0.138. The summed E-state index contributed by atoms with van der Waals surface area (Å²) in [7, 11) is 0. The third kappa shape index (κ3) is 6.48.